The maximum absolute atomic E-state index is 12.8. The molecular weight excluding hydrogens is 616 g/mol. The molecule has 2 aromatic carbocycles. The second kappa shape index (κ2) is 10.5. The summed E-state index contributed by atoms with van der Waals surface area (Å²) in [4.78, 5) is 9.16. The Balaban J connectivity index is 1.74. The number of fused-ring (bicyclic) bond motifs is 1. The van der Waals surface area contributed by atoms with E-state index in [1.165, 1.54) is 24.0 Å². The Bertz CT molecular complexity index is 1660. The van der Waals surface area contributed by atoms with Crippen LogP contribution in [0.4, 0.5) is 13.2 Å². The van der Waals surface area contributed by atoms with Crippen molar-refractivity contribution in [3.8, 4) is 17.6 Å². The maximum atomic E-state index is 12.8. The molecule has 0 unspecified atom stereocenters. The summed E-state index contributed by atoms with van der Waals surface area (Å²) in [7, 11) is -2.91. The summed E-state index contributed by atoms with van der Waals surface area (Å²) in [6.07, 6.45) is 4.77. The van der Waals surface area contributed by atoms with Gasteiger partial charge >= 0.3 is 226 Å². The first-order valence-corrected chi connectivity index (χ1v) is 14.5. The van der Waals surface area contributed by atoms with Gasteiger partial charge in [-0.05, 0) is 0 Å². The van der Waals surface area contributed by atoms with E-state index in [1.807, 2.05) is 29.9 Å². The van der Waals surface area contributed by atoms with Crippen molar-refractivity contribution < 1.29 is 30.5 Å². The molecule has 0 amide bonds. The van der Waals surface area contributed by atoms with Gasteiger partial charge < -0.3 is 0 Å². The molecular formula is C22H14AsClF3N4O4S2. The Morgan fingerprint density at radius 2 is 1.95 bits per heavy atom. The molecule has 4 rings (SSSR count). The fraction of sp³-hybridized carbons (Fsp3) is 0.136. The average Bonchev–Trinajstić information content (AvgIpc) is 3.24. The van der Waals surface area contributed by atoms with Gasteiger partial charge in [0.1, 0.15) is 0 Å². The minimum absolute atomic E-state index is 0.130. The zero-order chi connectivity index (χ0) is 27.0. The van der Waals surface area contributed by atoms with Gasteiger partial charge in [0.05, 0.1) is 0 Å². The Morgan fingerprint density at radius 1 is 1.19 bits per heavy atom. The second-order valence-electron chi connectivity index (χ2n) is 7.29. The van der Waals surface area contributed by atoms with Crippen LogP contribution in [0, 0.1) is 11.3 Å². The quantitative estimate of drug-likeness (QED) is 0.174. The molecule has 0 aliphatic heterocycles. The first-order valence-electron chi connectivity index (χ1n) is 10.0. The Hall–Kier alpha value is -2.91. The van der Waals surface area contributed by atoms with E-state index in [4.69, 9.17) is 16.3 Å². The Kier molecular flexibility index (Phi) is 7.67. The number of rotatable bonds is 7. The molecule has 37 heavy (non-hydrogen) atoms. The average molecular weight is 630 g/mol. The number of hydrogen-bond donors (Lipinski definition) is 0. The van der Waals surface area contributed by atoms with Gasteiger partial charge in [-0.15, -0.1) is 0 Å². The van der Waals surface area contributed by atoms with Crippen molar-refractivity contribution in [3.63, 3.8) is 0 Å². The van der Waals surface area contributed by atoms with Crippen LogP contribution in [0.2, 0.25) is 5.02 Å². The number of pyridine rings is 1. The summed E-state index contributed by atoms with van der Waals surface area (Å²) in [6.45, 7) is 0. The SMILES string of the molecule is COc1cc2c([As]c3ccc(Sc4nccn4C)c(Cl)c3)c(C#N)cnc2cc1OS(=O)(=O)C(F)(F)F. The van der Waals surface area contributed by atoms with Crippen LogP contribution in [0.15, 0.2) is 59.0 Å². The van der Waals surface area contributed by atoms with Crippen molar-refractivity contribution in [1.29, 1.82) is 5.26 Å². The second-order valence-corrected chi connectivity index (χ2v) is 12.7. The van der Waals surface area contributed by atoms with Crippen LogP contribution in [-0.4, -0.2) is 51.3 Å². The fourth-order valence-electron chi connectivity index (χ4n) is 3.10. The number of nitrogens with zero attached hydrogens (tertiary/aromatic N) is 4. The molecule has 0 aliphatic carbocycles. The van der Waals surface area contributed by atoms with E-state index in [0.717, 1.165) is 27.6 Å². The van der Waals surface area contributed by atoms with Crippen LogP contribution in [0.1, 0.15) is 5.56 Å². The predicted molar refractivity (Wildman–Crippen MR) is 132 cm³/mol. The van der Waals surface area contributed by atoms with Crippen molar-refractivity contribution in [1.82, 2.24) is 14.5 Å². The number of imidazole rings is 1. The third kappa shape index (κ3) is 5.67. The molecule has 0 spiro atoms. The Morgan fingerprint density at radius 3 is 2.54 bits per heavy atom. The van der Waals surface area contributed by atoms with Crippen LogP contribution in [0.25, 0.3) is 10.9 Å². The molecule has 2 aromatic heterocycles. The van der Waals surface area contributed by atoms with E-state index in [-0.39, 0.29) is 16.8 Å². The summed E-state index contributed by atoms with van der Waals surface area (Å²) < 4.78 is 74.3. The van der Waals surface area contributed by atoms with E-state index in [2.05, 4.69) is 20.2 Å². The number of nitriles is 1. The van der Waals surface area contributed by atoms with Crippen LogP contribution in [0.5, 0.6) is 11.5 Å². The molecule has 0 fully saturated rings. The van der Waals surface area contributed by atoms with Gasteiger partial charge in [0.25, 0.3) is 0 Å². The molecule has 0 N–H and O–H groups in total. The van der Waals surface area contributed by atoms with E-state index in [0.29, 0.717) is 14.8 Å². The number of aromatic nitrogens is 3. The summed E-state index contributed by atoms with van der Waals surface area (Å²) in [5.74, 6) is -0.940. The van der Waals surface area contributed by atoms with E-state index in [9.17, 15) is 26.9 Å². The van der Waals surface area contributed by atoms with Gasteiger partial charge in [-0.25, -0.2) is 0 Å². The molecule has 191 valence electrons. The molecule has 0 atom stereocenters. The fourth-order valence-corrected chi connectivity index (χ4v) is 7.20. The summed E-state index contributed by atoms with van der Waals surface area (Å²) >= 11 is 7.06. The molecule has 0 aliphatic rings. The van der Waals surface area contributed by atoms with Gasteiger partial charge in [0, 0.05) is 0 Å². The zero-order valence-electron chi connectivity index (χ0n) is 18.8. The summed E-state index contributed by atoms with van der Waals surface area (Å²) in [6, 6.07) is 9.91. The van der Waals surface area contributed by atoms with Crippen LogP contribution in [-0.2, 0) is 17.2 Å². The molecule has 8 nitrogen and oxygen atoms in total. The molecule has 0 saturated carbocycles. The van der Waals surface area contributed by atoms with Crippen molar-refractivity contribution >= 4 is 68.8 Å². The monoisotopic (exact) mass is 629 g/mol. The topological polar surface area (TPSA) is 107 Å². The number of ether oxygens (including phenoxy) is 1. The molecule has 15 heteroatoms. The standard InChI is InChI=1S/C22H14AsClF3N4O4S2/c1-31-6-5-29-21(31)36-19-4-3-13(7-15(19)24)23-20-12(10-28)11-30-16-9-18(17(34-2)8-14(16)20)35-37(32,33)22(25,26)27/h3-9,11H,1-2H3. The normalized spacial score (nSPS) is 12.2. The molecule has 2 heterocycles. The number of halogens is 4. The molecule has 4 aromatic rings. The van der Waals surface area contributed by atoms with Gasteiger partial charge in [-0.3, -0.25) is 0 Å². The number of hydrogen-bond acceptors (Lipinski definition) is 8. The van der Waals surface area contributed by atoms with Crippen molar-refractivity contribution in [3.05, 3.63) is 59.5 Å². The van der Waals surface area contributed by atoms with E-state index < -0.39 is 37.1 Å². The van der Waals surface area contributed by atoms with Crippen molar-refractivity contribution in [2.24, 2.45) is 7.05 Å². The predicted octanol–water partition coefficient (Wildman–Crippen LogP) is 3.54. The number of aryl methyl sites for hydroxylation is 1. The van der Waals surface area contributed by atoms with Gasteiger partial charge in [-0.1, -0.05) is 0 Å². The molecule has 0 saturated heterocycles. The van der Waals surface area contributed by atoms with Crippen molar-refractivity contribution in [2.45, 2.75) is 15.6 Å². The summed E-state index contributed by atoms with van der Waals surface area (Å²) in [5.41, 5.74) is -5.24. The van der Waals surface area contributed by atoms with Crippen LogP contribution >= 0.6 is 23.4 Å². The third-order valence-corrected chi connectivity index (χ3v) is 10.0. The van der Waals surface area contributed by atoms with Crippen LogP contribution in [0.3, 0.4) is 0 Å². The van der Waals surface area contributed by atoms with Gasteiger partial charge in [0.2, 0.25) is 0 Å². The van der Waals surface area contributed by atoms with Gasteiger partial charge in [0.15, 0.2) is 0 Å². The Labute approximate surface area is 225 Å². The number of alkyl halides is 3. The van der Waals surface area contributed by atoms with E-state index in [1.54, 1.807) is 12.3 Å². The minimum atomic E-state index is -5.93. The first-order chi connectivity index (χ1) is 17.4. The molecule has 1 radical (unpaired) electrons. The molecule has 0 bridgehead atoms. The van der Waals surface area contributed by atoms with Crippen molar-refractivity contribution in [2.75, 3.05) is 7.11 Å². The van der Waals surface area contributed by atoms with Gasteiger partial charge in [-0.2, -0.15) is 0 Å². The first kappa shape index (κ1) is 27.1. The third-order valence-electron chi connectivity index (χ3n) is 4.86. The van der Waals surface area contributed by atoms with Crippen LogP contribution < -0.4 is 17.6 Å². The number of benzene rings is 2. The zero-order valence-corrected chi connectivity index (χ0v) is 23.1. The van der Waals surface area contributed by atoms with E-state index >= 15 is 0 Å². The number of methoxy groups -OCH3 is 1. The summed E-state index contributed by atoms with van der Waals surface area (Å²) in [5, 5.41) is 11.3.